The maximum Gasteiger partial charge on any atom is -0.0357 e. The van der Waals surface area contributed by atoms with Crippen molar-refractivity contribution in [3.63, 3.8) is 0 Å². The van der Waals surface area contributed by atoms with E-state index in [0.717, 1.165) is 23.7 Å². The first kappa shape index (κ1) is 6.69. The second kappa shape index (κ2) is 2.25. The summed E-state index contributed by atoms with van der Waals surface area (Å²) < 4.78 is 0. The molecule has 0 aromatic heterocycles. The van der Waals surface area contributed by atoms with Gasteiger partial charge in [-0.3, -0.25) is 0 Å². The maximum absolute atomic E-state index is 2.46. The monoisotopic (exact) mass is 138 g/mol. The molecule has 0 aromatic rings. The van der Waals surface area contributed by atoms with E-state index in [1.807, 2.05) is 0 Å². The fourth-order valence-corrected chi connectivity index (χ4v) is 3.16. The van der Waals surface area contributed by atoms with Gasteiger partial charge in [0.05, 0.1) is 0 Å². The van der Waals surface area contributed by atoms with E-state index in [-0.39, 0.29) is 0 Å². The molecule has 0 bridgehead atoms. The summed E-state index contributed by atoms with van der Waals surface area (Å²) in [6.45, 7) is 4.89. The first-order chi connectivity index (χ1) is 4.79. The summed E-state index contributed by atoms with van der Waals surface area (Å²) in [5.41, 5.74) is 0. The Hall–Kier alpha value is 0. The molecule has 4 atom stereocenters. The summed E-state index contributed by atoms with van der Waals surface area (Å²) in [6, 6.07) is 0. The topological polar surface area (TPSA) is 0 Å². The lowest BCUT2D eigenvalue weighted by molar-refractivity contribution is 0.342. The molecular weight excluding hydrogens is 120 g/mol. The van der Waals surface area contributed by atoms with Crippen molar-refractivity contribution in [1.82, 2.24) is 0 Å². The van der Waals surface area contributed by atoms with Crippen LogP contribution in [0.1, 0.15) is 39.5 Å². The van der Waals surface area contributed by atoms with Gasteiger partial charge in [-0.2, -0.15) is 0 Å². The standard InChI is InChI=1S/C10H18/c1-7-6-9-4-3-5-10(9)8(7)2/h7-10H,3-6H2,1-2H3/t7?,8?,9-,10+/m1/s1. The molecule has 0 N–H and O–H groups in total. The second-order valence-electron chi connectivity index (χ2n) is 4.43. The third-order valence-corrected chi connectivity index (χ3v) is 3.97. The van der Waals surface area contributed by atoms with Crippen LogP contribution >= 0.6 is 0 Å². The van der Waals surface area contributed by atoms with Gasteiger partial charge >= 0.3 is 0 Å². The minimum atomic E-state index is 1.02. The summed E-state index contributed by atoms with van der Waals surface area (Å²) in [6.07, 6.45) is 6.13. The van der Waals surface area contributed by atoms with Crippen LogP contribution in [0.25, 0.3) is 0 Å². The molecule has 2 aliphatic rings. The summed E-state index contributed by atoms with van der Waals surface area (Å²) in [4.78, 5) is 0. The first-order valence-corrected chi connectivity index (χ1v) is 4.79. The quantitative estimate of drug-likeness (QED) is 0.482. The molecule has 0 aliphatic heterocycles. The molecule has 0 amide bonds. The number of hydrogen-bond donors (Lipinski definition) is 0. The molecule has 58 valence electrons. The van der Waals surface area contributed by atoms with Crippen molar-refractivity contribution in [3.05, 3.63) is 0 Å². The molecule has 10 heavy (non-hydrogen) atoms. The average molecular weight is 138 g/mol. The summed E-state index contributed by atoms with van der Waals surface area (Å²) in [5.74, 6) is 4.31. The molecule has 0 radical (unpaired) electrons. The van der Waals surface area contributed by atoms with Crippen molar-refractivity contribution in [1.29, 1.82) is 0 Å². The van der Waals surface area contributed by atoms with Gasteiger partial charge < -0.3 is 0 Å². The van der Waals surface area contributed by atoms with Gasteiger partial charge in [0.1, 0.15) is 0 Å². The van der Waals surface area contributed by atoms with Crippen LogP contribution in [0.3, 0.4) is 0 Å². The summed E-state index contributed by atoms with van der Waals surface area (Å²) in [5, 5.41) is 0. The highest BCUT2D eigenvalue weighted by molar-refractivity contribution is 4.90. The predicted octanol–water partition coefficient (Wildman–Crippen LogP) is 3.08. The zero-order valence-electron chi connectivity index (χ0n) is 7.14. The van der Waals surface area contributed by atoms with Gasteiger partial charge in [-0.25, -0.2) is 0 Å². The molecular formula is C10H18. The highest BCUT2D eigenvalue weighted by atomic mass is 14.5. The van der Waals surface area contributed by atoms with Crippen LogP contribution in [0.15, 0.2) is 0 Å². The third-order valence-electron chi connectivity index (χ3n) is 3.97. The van der Waals surface area contributed by atoms with Crippen molar-refractivity contribution in [2.45, 2.75) is 39.5 Å². The Labute approximate surface area is 64.0 Å². The number of fused-ring (bicyclic) bond motifs is 1. The minimum absolute atomic E-state index is 1.02. The van der Waals surface area contributed by atoms with Crippen LogP contribution in [-0.4, -0.2) is 0 Å². The van der Waals surface area contributed by atoms with Gasteiger partial charge in [0, 0.05) is 0 Å². The van der Waals surface area contributed by atoms with E-state index in [1.54, 1.807) is 6.42 Å². The van der Waals surface area contributed by atoms with E-state index in [4.69, 9.17) is 0 Å². The normalized spacial score (nSPS) is 53.4. The number of rotatable bonds is 0. The maximum atomic E-state index is 2.46. The van der Waals surface area contributed by atoms with Gasteiger partial charge in [0.2, 0.25) is 0 Å². The lowest BCUT2D eigenvalue weighted by Crippen LogP contribution is -2.08. The fourth-order valence-electron chi connectivity index (χ4n) is 3.16. The SMILES string of the molecule is CC1C[C@H]2CCC[C@H]2C1C. The van der Waals surface area contributed by atoms with E-state index in [1.165, 1.54) is 19.3 Å². The molecule has 0 aromatic carbocycles. The molecule has 0 heterocycles. The average Bonchev–Trinajstić information content (AvgIpc) is 2.41. The van der Waals surface area contributed by atoms with Crippen molar-refractivity contribution in [2.24, 2.45) is 23.7 Å². The Balaban J connectivity index is 2.09. The van der Waals surface area contributed by atoms with Crippen LogP contribution in [0.5, 0.6) is 0 Å². The first-order valence-electron chi connectivity index (χ1n) is 4.79. The molecule has 2 unspecified atom stereocenters. The van der Waals surface area contributed by atoms with Gasteiger partial charge in [-0.1, -0.05) is 26.7 Å². The molecule has 2 rings (SSSR count). The van der Waals surface area contributed by atoms with Crippen molar-refractivity contribution < 1.29 is 0 Å². The fraction of sp³-hybridized carbons (Fsp3) is 1.00. The van der Waals surface area contributed by atoms with Gasteiger partial charge in [0.15, 0.2) is 0 Å². The van der Waals surface area contributed by atoms with Gasteiger partial charge in [-0.05, 0) is 36.5 Å². The Morgan fingerprint density at radius 1 is 1.10 bits per heavy atom. The highest BCUT2D eigenvalue weighted by Crippen LogP contribution is 2.49. The zero-order valence-corrected chi connectivity index (χ0v) is 7.14. The van der Waals surface area contributed by atoms with Crippen LogP contribution in [0, 0.1) is 23.7 Å². The Bertz CT molecular complexity index is 126. The van der Waals surface area contributed by atoms with Gasteiger partial charge in [-0.15, -0.1) is 0 Å². The zero-order chi connectivity index (χ0) is 7.14. The van der Waals surface area contributed by atoms with Crippen LogP contribution in [0.2, 0.25) is 0 Å². The molecule has 2 fully saturated rings. The molecule has 0 spiro atoms. The number of hydrogen-bond acceptors (Lipinski definition) is 0. The van der Waals surface area contributed by atoms with Gasteiger partial charge in [0.25, 0.3) is 0 Å². The van der Waals surface area contributed by atoms with E-state index in [0.29, 0.717) is 0 Å². The van der Waals surface area contributed by atoms with Crippen LogP contribution in [0.4, 0.5) is 0 Å². The highest BCUT2D eigenvalue weighted by Gasteiger charge is 2.40. The molecule has 2 aliphatic carbocycles. The van der Waals surface area contributed by atoms with E-state index >= 15 is 0 Å². The molecule has 0 heteroatoms. The molecule has 2 saturated carbocycles. The van der Waals surface area contributed by atoms with Crippen LogP contribution in [-0.2, 0) is 0 Å². The Morgan fingerprint density at radius 3 is 2.60 bits per heavy atom. The lowest BCUT2D eigenvalue weighted by atomic mass is 9.91. The van der Waals surface area contributed by atoms with Crippen molar-refractivity contribution >= 4 is 0 Å². The predicted molar refractivity (Wildman–Crippen MR) is 43.8 cm³/mol. The van der Waals surface area contributed by atoms with E-state index in [9.17, 15) is 0 Å². The van der Waals surface area contributed by atoms with Crippen LogP contribution < -0.4 is 0 Å². The largest absolute Gasteiger partial charge is 0.0622 e. The summed E-state index contributed by atoms with van der Waals surface area (Å²) >= 11 is 0. The second-order valence-corrected chi connectivity index (χ2v) is 4.43. The van der Waals surface area contributed by atoms with E-state index in [2.05, 4.69) is 13.8 Å². The molecule has 0 saturated heterocycles. The lowest BCUT2D eigenvalue weighted by Gasteiger charge is -2.15. The smallest absolute Gasteiger partial charge is 0.0357 e. The Morgan fingerprint density at radius 2 is 1.90 bits per heavy atom. The van der Waals surface area contributed by atoms with Crippen molar-refractivity contribution in [2.75, 3.05) is 0 Å². The molecule has 0 nitrogen and oxygen atoms in total. The van der Waals surface area contributed by atoms with E-state index < -0.39 is 0 Å². The Kier molecular flexibility index (Phi) is 1.51. The minimum Gasteiger partial charge on any atom is -0.0622 e. The van der Waals surface area contributed by atoms with Crippen molar-refractivity contribution in [3.8, 4) is 0 Å². The third kappa shape index (κ3) is 0.810. The summed E-state index contributed by atoms with van der Waals surface area (Å²) in [7, 11) is 0.